The highest BCUT2D eigenvalue weighted by atomic mass is 16.5. The zero-order valence-corrected chi connectivity index (χ0v) is 11.7. The Bertz CT molecular complexity index is 426. The zero-order valence-electron chi connectivity index (χ0n) is 11.7. The lowest BCUT2D eigenvalue weighted by molar-refractivity contribution is -0.142. The largest absolute Gasteiger partial charge is 0.469 e. The van der Waals surface area contributed by atoms with Crippen LogP contribution in [0.4, 0.5) is 0 Å². The molecule has 0 bridgehead atoms. The number of benzene rings is 1. The second kappa shape index (κ2) is 7.56. The maximum Gasteiger partial charge on any atom is 0.306 e. The first-order chi connectivity index (χ1) is 9.06. The van der Waals surface area contributed by atoms with Crippen LogP contribution in [0.2, 0.25) is 0 Å². The number of amides is 1. The van der Waals surface area contributed by atoms with E-state index in [1.54, 1.807) is 0 Å². The van der Waals surface area contributed by atoms with Gasteiger partial charge in [0.25, 0.3) is 0 Å². The molecule has 1 amide bonds. The van der Waals surface area contributed by atoms with Crippen LogP contribution in [0.3, 0.4) is 0 Å². The Kier molecular flexibility index (Phi) is 6.06. The molecule has 1 aromatic carbocycles. The molecule has 0 fully saturated rings. The van der Waals surface area contributed by atoms with Gasteiger partial charge < -0.3 is 10.1 Å². The van der Waals surface area contributed by atoms with Gasteiger partial charge in [-0.2, -0.15) is 0 Å². The summed E-state index contributed by atoms with van der Waals surface area (Å²) in [6.07, 6.45) is 1.27. The molecule has 4 heteroatoms. The fourth-order valence-corrected chi connectivity index (χ4v) is 1.76. The third-order valence-corrected chi connectivity index (χ3v) is 3.05. The van der Waals surface area contributed by atoms with Gasteiger partial charge in [-0.05, 0) is 24.5 Å². The molecule has 0 aliphatic rings. The Morgan fingerprint density at radius 2 is 1.84 bits per heavy atom. The Balaban J connectivity index is 2.46. The predicted octanol–water partition coefficient (Wildman–Crippen LogP) is 2.38. The number of ether oxygens (including phenoxy) is 1. The molecule has 1 rings (SSSR count). The number of hydrogen-bond acceptors (Lipinski definition) is 3. The second-order valence-electron chi connectivity index (χ2n) is 4.46. The van der Waals surface area contributed by atoms with Crippen molar-refractivity contribution in [2.45, 2.75) is 39.2 Å². The van der Waals surface area contributed by atoms with E-state index in [1.165, 1.54) is 12.7 Å². The average Bonchev–Trinajstić information content (AvgIpc) is 2.44. The van der Waals surface area contributed by atoms with Crippen LogP contribution in [0.1, 0.15) is 43.9 Å². The van der Waals surface area contributed by atoms with Gasteiger partial charge in [-0.1, -0.05) is 31.2 Å². The van der Waals surface area contributed by atoms with Crippen molar-refractivity contribution in [3.8, 4) is 0 Å². The highest BCUT2D eigenvalue weighted by Crippen LogP contribution is 2.14. The molecule has 1 N–H and O–H groups in total. The minimum absolute atomic E-state index is 0.0592. The van der Waals surface area contributed by atoms with Crippen molar-refractivity contribution in [3.63, 3.8) is 0 Å². The van der Waals surface area contributed by atoms with Crippen molar-refractivity contribution in [2.75, 3.05) is 7.11 Å². The monoisotopic (exact) mass is 263 g/mol. The number of rotatable bonds is 6. The number of esters is 1. The van der Waals surface area contributed by atoms with E-state index in [0.29, 0.717) is 0 Å². The highest BCUT2D eigenvalue weighted by molar-refractivity contribution is 5.81. The summed E-state index contributed by atoms with van der Waals surface area (Å²) in [6.45, 7) is 4.03. The van der Waals surface area contributed by atoms with Crippen LogP contribution in [0, 0.1) is 0 Å². The molecule has 104 valence electrons. The first-order valence-electron chi connectivity index (χ1n) is 6.51. The molecule has 1 atom stereocenters. The van der Waals surface area contributed by atoms with Crippen molar-refractivity contribution in [2.24, 2.45) is 0 Å². The highest BCUT2D eigenvalue weighted by Gasteiger charge is 2.11. The fraction of sp³-hybridized carbons (Fsp3) is 0.467. The summed E-state index contributed by atoms with van der Waals surface area (Å²) in [5, 5.41) is 2.87. The number of hydrogen-bond donors (Lipinski definition) is 1. The fourth-order valence-electron chi connectivity index (χ4n) is 1.76. The minimum atomic E-state index is -0.366. The van der Waals surface area contributed by atoms with E-state index in [9.17, 15) is 9.59 Å². The number of nitrogens with one attached hydrogen (secondary N) is 1. The average molecular weight is 263 g/mol. The number of methoxy groups -OCH3 is 1. The van der Waals surface area contributed by atoms with Gasteiger partial charge in [0, 0.05) is 6.42 Å². The van der Waals surface area contributed by atoms with Crippen molar-refractivity contribution >= 4 is 11.9 Å². The Labute approximate surface area is 114 Å². The number of aryl methyl sites for hydroxylation is 1. The Morgan fingerprint density at radius 3 is 2.37 bits per heavy atom. The third-order valence-electron chi connectivity index (χ3n) is 3.05. The molecule has 4 nitrogen and oxygen atoms in total. The van der Waals surface area contributed by atoms with Crippen molar-refractivity contribution in [3.05, 3.63) is 35.4 Å². The molecule has 0 aliphatic carbocycles. The van der Waals surface area contributed by atoms with Gasteiger partial charge in [0.1, 0.15) is 0 Å². The van der Waals surface area contributed by atoms with Crippen LogP contribution in [0.25, 0.3) is 0 Å². The van der Waals surface area contributed by atoms with E-state index in [-0.39, 0.29) is 30.8 Å². The lowest BCUT2D eigenvalue weighted by atomic mass is 10.0. The van der Waals surface area contributed by atoms with Crippen molar-refractivity contribution < 1.29 is 14.3 Å². The van der Waals surface area contributed by atoms with Gasteiger partial charge in [0.15, 0.2) is 0 Å². The van der Waals surface area contributed by atoms with Crippen LogP contribution in [0.15, 0.2) is 24.3 Å². The van der Waals surface area contributed by atoms with Gasteiger partial charge in [-0.3, -0.25) is 9.59 Å². The molecule has 19 heavy (non-hydrogen) atoms. The molecule has 0 saturated carbocycles. The Morgan fingerprint density at radius 1 is 1.21 bits per heavy atom. The first kappa shape index (κ1) is 15.2. The minimum Gasteiger partial charge on any atom is -0.469 e. The maximum absolute atomic E-state index is 11.7. The lowest BCUT2D eigenvalue weighted by Gasteiger charge is -2.14. The normalized spacial score (nSPS) is 11.7. The summed E-state index contributed by atoms with van der Waals surface area (Å²) in [4.78, 5) is 22.6. The first-order valence-corrected chi connectivity index (χ1v) is 6.51. The number of carbonyl (C=O) groups excluding carboxylic acids is 2. The molecular weight excluding hydrogens is 242 g/mol. The van der Waals surface area contributed by atoms with E-state index < -0.39 is 0 Å². The maximum atomic E-state index is 11.7. The molecule has 0 radical (unpaired) electrons. The third kappa shape index (κ3) is 5.12. The van der Waals surface area contributed by atoms with Gasteiger partial charge >= 0.3 is 5.97 Å². The van der Waals surface area contributed by atoms with Crippen LogP contribution < -0.4 is 5.32 Å². The van der Waals surface area contributed by atoms with Crippen LogP contribution in [-0.4, -0.2) is 19.0 Å². The Hall–Kier alpha value is -1.84. The van der Waals surface area contributed by atoms with E-state index in [0.717, 1.165) is 12.0 Å². The molecule has 1 aromatic rings. The summed E-state index contributed by atoms with van der Waals surface area (Å²) in [5.74, 6) is -0.507. The molecule has 0 aromatic heterocycles. The van der Waals surface area contributed by atoms with Crippen molar-refractivity contribution in [1.29, 1.82) is 0 Å². The standard InChI is InChI=1S/C15H21NO3/c1-4-12-5-7-13(8-6-12)11(2)16-14(17)9-10-15(18)19-3/h5-8,11H,4,9-10H2,1-3H3,(H,16,17). The van der Waals surface area contributed by atoms with Crippen LogP contribution in [-0.2, 0) is 20.7 Å². The molecule has 0 aliphatic heterocycles. The molecule has 0 saturated heterocycles. The predicted molar refractivity (Wildman–Crippen MR) is 73.6 cm³/mol. The van der Waals surface area contributed by atoms with E-state index >= 15 is 0 Å². The summed E-state index contributed by atoms with van der Waals surface area (Å²) in [6, 6.07) is 8.10. The lowest BCUT2D eigenvalue weighted by Crippen LogP contribution is -2.27. The van der Waals surface area contributed by atoms with Crippen LogP contribution in [0.5, 0.6) is 0 Å². The zero-order chi connectivity index (χ0) is 14.3. The van der Waals surface area contributed by atoms with Gasteiger partial charge in [-0.25, -0.2) is 0 Å². The molecular formula is C15H21NO3. The molecule has 0 heterocycles. The molecule has 1 unspecified atom stereocenters. The summed E-state index contributed by atoms with van der Waals surface area (Å²) < 4.78 is 4.50. The van der Waals surface area contributed by atoms with E-state index in [4.69, 9.17) is 0 Å². The van der Waals surface area contributed by atoms with Gasteiger partial charge in [-0.15, -0.1) is 0 Å². The second-order valence-corrected chi connectivity index (χ2v) is 4.46. The summed E-state index contributed by atoms with van der Waals surface area (Å²) >= 11 is 0. The van der Waals surface area contributed by atoms with Gasteiger partial charge in [0.05, 0.1) is 19.6 Å². The van der Waals surface area contributed by atoms with E-state index in [1.807, 2.05) is 19.1 Å². The summed E-state index contributed by atoms with van der Waals surface area (Å²) in [5.41, 5.74) is 2.33. The van der Waals surface area contributed by atoms with Crippen LogP contribution >= 0.6 is 0 Å². The molecule has 0 spiro atoms. The van der Waals surface area contributed by atoms with Gasteiger partial charge in [0.2, 0.25) is 5.91 Å². The summed E-state index contributed by atoms with van der Waals surface area (Å²) in [7, 11) is 1.32. The SMILES string of the molecule is CCc1ccc(C(C)NC(=O)CCC(=O)OC)cc1. The number of carbonyl (C=O) groups is 2. The smallest absolute Gasteiger partial charge is 0.306 e. The van der Waals surface area contributed by atoms with E-state index in [2.05, 4.69) is 29.1 Å². The van der Waals surface area contributed by atoms with Crippen molar-refractivity contribution in [1.82, 2.24) is 5.32 Å². The topological polar surface area (TPSA) is 55.4 Å². The quantitative estimate of drug-likeness (QED) is 0.802.